The molecule has 0 bridgehead atoms. The van der Waals surface area contributed by atoms with Gasteiger partial charge in [-0.05, 0) is 54.4 Å². The first kappa shape index (κ1) is 19.4. The second-order valence-corrected chi connectivity index (χ2v) is 6.42. The number of hydrogen-bond acceptors (Lipinski definition) is 8. The summed E-state index contributed by atoms with van der Waals surface area (Å²) < 4.78 is 14.2. The molecule has 2 heterocycles. The van der Waals surface area contributed by atoms with E-state index in [0.717, 1.165) is 11.5 Å². The van der Waals surface area contributed by atoms with Gasteiger partial charge >= 0.3 is 5.97 Å². The molecule has 28 heavy (non-hydrogen) atoms. The molecule has 0 atom stereocenters. The van der Waals surface area contributed by atoms with E-state index < -0.39 is 5.97 Å². The summed E-state index contributed by atoms with van der Waals surface area (Å²) in [5.41, 5.74) is 1.69. The number of carbonyl (C=O) groups is 2. The molecule has 1 N–H and O–H groups in total. The highest BCUT2D eigenvalue weighted by atomic mass is 32.1. The van der Waals surface area contributed by atoms with Gasteiger partial charge in [0.15, 0.2) is 4.88 Å². The Balaban J connectivity index is 1.44. The van der Waals surface area contributed by atoms with E-state index >= 15 is 0 Å². The van der Waals surface area contributed by atoms with Gasteiger partial charge in [0.2, 0.25) is 0 Å². The maximum atomic E-state index is 12.3. The van der Waals surface area contributed by atoms with Crippen molar-refractivity contribution in [3.63, 3.8) is 0 Å². The van der Waals surface area contributed by atoms with E-state index in [1.165, 1.54) is 0 Å². The maximum Gasteiger partial charge on any atom is 0.352 e. The summed E-state index contributed by atoms with van der Waals surface area (Å²) in [6.45, 7) is 0.556. The number of carbonyl (C=O) groups excluding carboxylic acids is 2. The second kappa shape index (κ2) is 9.56. The van der Waals surface area contributed by atoms with Crippen LogP contribution in [0.1, 0.15) is 26.5 Å². The van der Waals surface area contributed by atoms with E-state index in [4.69, 9.17) is 9.47 Å². The molecular formula is C19H18N4O4S. The van der Waals surface area contributed by atoms with Gasteiger partial charge in [-0.1, -0.05) is 4.49 Å². The molecule has 0 aliphatic carbocycles. The van der Waals surface area contributed by atoms with Gasteiger partial charge in [0.25, 0.3) is 5.91 Å². The van der Waals surface area contributed by atoms with Crippen LogP contribution in [0.2, 0.25) is 0 Å². The third-order valence-corrected chi connectivity index (χ3v) is 4.51. The molecule has 1 amide bonds. The van der Waals surface area contributed by atoms with Crippen LogP contribution >= 0.6 is 11.5 Å². The zero-order chi connectivity index (χ0) is 19.8. The van der Waals surface area contributed by atoms with Gasteiger partial charge in [0.05, 0.1) is 13.7 Å². The van der Waals surface area contributed by atoms with Gasteiger partial charge in [0.1, 0.15) is 11.4 Å². The average molecular weight is 398 g/mol. The Labute approximate surface area is 165 Å². The Bertz CT molecular complexity index is 929. The van der Waals surface area contributed by atoms with Crippen molar-refractivity contribution < 1.29 is 19.1 Å². The third-order valence-electron chi connectivity index (χ3n) is 3.80. The van der Waals surface area contributed by atoms with Gasteiger partial charge in [-0.2, -0.15) is 0 Å². The lowest BCUT2D eigenvalue weighted by molar-refractivity contribution is 0.0507. The number of esters is 1. The van der Waals surface area contributed by atoms with Crippen molar-refractivity contribution in [3.8, 4) is 17.0 Å². The molecule has 1 aromatic carbocycles. The highest BCUT2D eigenvalue weighted by Crippen LogP contribution is 2.23. The molecule has 3 rings (SSSR count). The SMILES string of the molecule is COc1ccc(C(=O)NCCCOC(=O)c2snnc2-c2cccnc2)cc1. The monoisotopic (exact) mass is 398 g/mol. The molecule has 2 aromatic heterocycles. The van der Waals surface area contributed by atoms with Crippen molar-refractivity contribution in [2.45, 2.75) is 6.42 Å². The molecule has 8 nitrogen and oxygen atoms in total. The number of amides is 1. The van der Waals surface area contributed by atoms with E-state index in [1.807, 2.05) is 0 Å². The Morgan fingerprint density at radius 1 is 1.18 bits per heavy atom. The van der Waals surface area contributed by atoms with Gasteiger partial charge in [-0.3, -0.25) is 9.78 Å². The minimum absolute atomic E-state index is 0.173. The summed E-state index contributed by atoms with van der Waals surface area (Å²) >= 11 is 0.978. The minimum Gasteiger partial charge on any atom is -0.497 e. The van der Waals surface area contributed by atoms with Gasteiger partial charge in [-0.15, -0.1) is 5.10 Å². The summed E-state index contributed by atoms with van der Waals surface area (Å²) in [5.74, 6) is 0.00139. The number of pyridine rings is 1. The van der Waals surface area contributed by atoms with Crippen LogP contribution in [0.25, 0.3) is 11.3 Å². The van der Waals surface area contributed by atoms with E-state index in [1.54, 1.807) is 55.9 Å². The zero-order valence-electron chi connectivity index (χ0n) is 15.1. The van der Waals surface area contributed by atoms with Gasteiger partial charge in [0, 0.05) is 30.1 Å². The first-order valence-corrected chi connectivity index (χ1v) is 9.28. The summed E-state index contributed by atoms with van der Waals surface area (Å²) in [4.78, 5) is 28.7. The van der Waals surface area contributed by atoms with Crippen LogP contribution in [0.3, 0.4) is 0 Å². The van der Waals surface area contributed by atoms with Gasteiger partial charge in [-0.25, -0.2) is 4.79 Å². The fraction of sp³-hybridized carbons (Fsp3) is 0.211. The predicted molar refractivity (Wildman–Crippen MR) is 103 cm³/mol. The quantitative estimate of drug-likeness (QED) is 0.459. The maximum absolute atomic E-state index is 12.3. The van der Waals surface area contributed by atoms with E-state index in [-0.39, 0.29) is 12.5 Å². The van der Waals surface area contributed by atoms with E-state index in [0.29, 0.717) is 40.4 Å². The lowest BCUT2D eigenvalue weighted by Gasteiger charge is -2.07. The molecule has 0 aliphatic rings. The smallest absolute Gasteiger partial charge is 0.352 e. The summed E-state index contributed by atoms with van der Waals surface area (Å²) in [5, 5.41) is 6.76. The molecule has 144 valence electrons. The highest BCUT2D eigenvalue weighted by molar-refractivity contribution is 7.08. The van der Waals surface area contributed by atoms with Crippen molar-refractivity contribution in [3.05, 3.63) is 59.2 Å². The number of rotatable bonds is 8. The van der Waals surface area contributed by atoms with Crippen LogP contribution < -0.4 is 10.1 Å². The molecule has 0 saturated carbocycles. The Morgan fingerprint density at radius 2 is 2.00 bits per heavy atom. The largest absolute Gasteiger partial charge is 0.497 e. The van der Waals surface area contributed by atoms with Crippen LogP contribution in [-0.4, -0.2) is 46.7 Å². The van der Waals surface area contributed by atoms with Crippen LogP contribution in [0.5, 0.6) is 5.75 Å². The molecule has 0 aliphatic heterocycles. The number of nitrogens with zero attached hydrogens (tertiary/aromatic N) is 3. The topological polar surface area (TPSA) is 103 Å². The van der Waals surface area contributed by atoms with E-state index in [2.05, 4.69) is 19.9 Å². The second-order valence-electron chi connectivity index (χ2n) is 5.67. The van der Waals surface area contributed by atoms with Crippen LogP contribution in [0, 0.1) is 0 Å². The lowest BCUT2D eigenvalue weighted by Crippen LogP contribution is -2.25. The highest BCUT2D eigenvalue weighted by Gasteiger charge is 2.19. The Hall–Kier alpha value is -3.33. The number of methoxy groups -OCH3 is 1. The van der Waals surface area contributed by atoms with Crippen LogP contribution in [0.15, 0.2) is 48.8 Å². The summed E-state index contributed by atoms with van der Waals surface area (Å²) in [6.07, 6.45) is 3.74. The first-order chi connectivity index (χ1) is 13.7. The molecule has 0 unspecified atom stereocenters. The molecule has 0 radical (unpaired) electrons. The molecular weight excluding hydrogens is 380 g/mol. The first-order valence-electron chi connectivity index (χ1n) is 8.51. The molecule has 3 aromatic rings. The Morgan fingerprint density at radius 3 is 2.71 bits per heavy atom. The molecule has 0 saturated heterocycles. The molecule has 0 fully saturated rings. The number of benzene rings is 1. The Kier molecular flexibility index (Phi) is 6.64. The van der Waals surface area contributed by atoms with Crippen molar-refractivity contribution >= 4 is 23.4 Å². The normalized spacial score (nSPS) is 10.3. The number of ether oxygens (including phenoxy) is 2. The fourth-order valence-corrected chi connectivity index (χ4v) is 2.95. The van der Waals surface area contributed by atoms with Crippen molar-refractivity contribution in [1.82, 2.24) is 19.9 Å². The molecule has 0 spiro atoms. The average Bonchev–Trinajstić information content (AvgIpc) is 3.24. The summed E-state index contributed by atoms with van der Waals surface area (Å²) in [7, 11) is 1.57. The fourth-order valence-electron chi connectivity index (χ4n) is 2.37. The number of nitrogens with one attached hydrogen (secondary N) is 1. The predicted octanol–water partition coefficient (Wildman–Crippen LogP) is 2.59. The van der Waals surface area contributed by atoms with Crippen molar-refractivity contribution in [2.24, 2.45) is 0 Å². The summed E-state index contributed by atoms with van der Waals surface area (Å²) in [6, 6.07) is 10.4. The number of aromatic nitrogens is 3. The van der Waals surface area contributed by atoms with Crippen molar-refractivity contribution in [1.29, 1.82) is 0 Å². The van der Waals surface area contributed by atoms with Crippen molar-refractivity contribution in [2.75, 3.05) is 20.3 Å². The zero-order valence-corrected chi connectivity index (χ0v) is 15.9. The minimum atomic E-state index is -0.490. The van der Waals surface area contributed by atoms with Gasteiger partial charge < -0.3 is 14.8 Å². The third kappa shape index (κ3) is 4.89. The van der Waals surface area contributed by atoms with Crippen LogP contribution in [0.4, 0.5) is 0 Å². The van der Waals surface area contributed by atoms with E-state index in [9.17, 15) is 9.59 Å². The number of hydrogen-bond donors (Lipinski definition) is 1. The molecule has 9 heteroatoms. The van der Waals surface area contributed by atoms with Crippen LogP contribution in [-0.2, 0) is 4.74 Å². The lowest BCUT2D eigenvalue weighted by atomic mass is 10.2. The standard InChI is InChI=1S/C19H18N4O4S/c1-26-15-7-5-13(6-8-15)18(24)21-10-3-11-27-19(25)17-16(22-23-28-17)14-4-2-9-20-12-14/h2,4-9,12H,3,10-11H2,1H3,(H,21,24).